The van der Waals surface area contributed by atoms with E-state index in [0.29, 0.717) is 6.54 Å². The normalized spacial score (nSPS) is 10.7. The second-order valence-electron chi connectivity index (χ2n) is 4.25. The predicted molar refractivity (Wildman–Crippen MR) is 72.5 cm³/mol. The highest BCUT2D eigenvalue weighted by molar-refractivity contribution is 5.79. The molecule has 1 aromatic rings. The van der Waals surface area contributed by atoms with E-state index in [4.69, 9.17) is 9.84 Å². The number of carboxylic acid groups (broad SMARTS) is 1. The molecule has 1 rings (SSSR count). The van der Waals surface area contributed by atoms with Gasteiger partial charge in [0.05, 0.1) is 12.8 Å². The molecule has 0 bridgehead atoms. The van der Waals surface area contributed by atoms with Gasteiger partial charge in [-0.1, -0.05) is 12.1 Å². The van der Waals surface area contributed by atoms with Crippen LogP contribution in [-0.2, 0) is 4.79 Å². The van der Waals surface area contributed by atoms with E-state index in [-0.39, 0.29) is 0 Å². The molecule has 1 N–H and O–H groups in total. The zero-order valence-electron chi connectivity index (χ0n) is 11.2. The Hall–Kier alpha value is -1.97. The molecule has 0 fully saturated rings. The molecule has 0 saturated carbocycles. The number of hydrogen-bond donors (Lipinski definition) is 1. The third-order valence-corrected chi connectivity index (χ3v) is 2.65. The minimum Gasteiger partial charge on any atom is -0.495 e. The Labute approximate surface area is 107 Å². The maximum atomic E-state index is 10.4. The first kappa shape index (κ1) is 14.1. The Morgan fingerprint density at radius 3 is 2.67 bits per heavy atom. The van der Waals surface area contributed by atoms with Crippen molar-refractivity contribution in [2.24, 2.45) is 0 Å². The van der Waals surface area contributed by atoms with E-state index in [0.717, 1.165) is 28.6 Å². The third kappa shape index (κ3) is 3.52. The lowest BCUT2D eigenvalue weighted by Crippen LogP contribution is -2.19. The van der Waals surface area contributed by atoms with Gasteiger partial charge in [0, 0.05) is 19.7 Å². The maximum absolute atomic E-state index is 10.4. The number of hydrogen-bond acceptors (Lipinski definition) is 3. The molecule has 0 aliphatic rings. The van der Waals surface area contributed by atoms with Crippen LogP contribution in [0.4, 0.5) is 5.69 Å². The van der Waals surface area contributed by atoms with E-state index in [1.54, 1.807) is 13.2 Å². The van der Waals surface area contributed by atoms with E-state index in [1.807, 2.05) is 31.9 Å². The van der Waals surface area contributed by atoms with Gasteiger partial charge in [-0.15, -0.1) is 0 Å². The van der Waals surface area contributed by atoms with Gasteiger partial charge >= 0.3 is 5.97 Å². The minimum absolute atomic E-state index is 0.520. The van der Waals surface area contributed by atoms with Gasteiger partial charge in [-0.2, -0.15) is 0 Å². The van der Waals surface area contributed by atoms with E-state index < -0.39 is 5.97 Å². The highest BCUT2D eigenvalue weighted by atomic mass is 16.5. The molecule has 18 heavy (non-hydrogen) atoms. The molecule has 0 unspecified atom stereocenters. The summed E-state index contributed by atoms with van der Waals surface area (Å²) in [5, 5.41) is 8.56. The van der Waals surface area contributed by atoms with Gasteiger partial charge < -0.3 is 14.7 Å². The Bertz CT molecular complexity index is 466. The number of carbonyl (C=O) groups is 1. The first-order valence-corrected chi connectivity index (χ1v) is 5.71. The molecule has 0 aromatic heterocycles. The van der Waals surface area contributed by atoms with Crippen molar-refractivity contribution >= 4 is 11.7 Å². The molecule has 4 heteroatoms. The van der Waals surface area contributed by atoms with E-state index >= 15 is 0 Å². The van der Waals surface area contributed by atoms with Gasteiger partial charge in [0.1, 0.15) is 5.75 Å². The summed E-state index contributed by atoms with van der Waals surface area (Å²) in [6, 6.07) is 4.05. The average molecular weight is 249 g/mol. The van der Waals surface area contributed by atoms with Crippen LogP contribution in [0.25, 0.3) is 0 Å². The molecule has 0 atom stereocenters. The van der Waals surface area contributed by atoms with Crippen molar-refractivity contribution < 1.29 is 14.6 Å². The average Bonchev–Trinajstić information content (AvgIpc) is 2.26. The zero-order chi connectivity index (χ0) is 13.7. The lowest BCUT2D eigenvalue weighted by atomic mass is 10.1. The number of methoxy groups -OCH3 is 1. The lowest BCUT2D eigenvalue weighted by molar-refractivity contribution is -0.131. The molecule has 0 aliphatic heterocycles. The van der Waals surface area contributed by atoms with E-state index in [9.17, 15) is 4.79 Å². The molecular weight excluding hydrogens is 230 g/mol. The highest BCUT2D eigenvalue weighted by Crippen LogP contribution is 2.32. The number of likely N-dealkylation sites (N-methyl/N-ethyl adjacent to an activating group) is 1. The molecule has 98 valence electrons. The molecule has 0 spiro atoms. The first-order chi connectivity index (χ1) is 8.45. The van der Waals surface area contributed by atoms with Crippen LogP contribution < -0.4 is 9.64 Å². The fourth-order valence-electron chi connectivity index (χ4n) is 1.97. The Kier molecular flexibility index (Phi) is 4.77. The second-order valence-corrected chi connectivity index (χ2v) is 4.25. The number of aryl methyl sites for hydroxylation is 2. The summed E-state index contributed by atoms with van der Waals surface area (Å²) in [4.78, 5) is 12.4. The summed E-state index contributed by atoms with van der Waals surface area (Å²) < 4.78 is 5.37. The monoisotopic (exact) mass is 249 g/mol. The van der Waals surface area contributed by atoms with Crippen molar-refractivity contribution in [3.05, 3.63) is 35.4 Å². The van der Waals surface area contributed by atoms with Crippen molar-refractivity contribution in [2.45, 2.75) is 13.8 Å². The fourth-order valence-corrected chi connectivity index (χ4v) is 1.97. The lowest BCUT2D eigenvalue weighted by Gasteiger charge is -2.23. The van der Waals surface area contributed by atoms with Crippen LogP contribution in [0, 0.1) is 13.8 Å². The Morgan fingerprint density at radius 2 is 2.11 bits per heavy atom. The van der Waals surface area contributed by atoms with Crippen LogP contribution in [0.3, 0.4) is 0 Å². The van der Waals surface area contributed by atoms with Crippen LogP contribution in [0.5, 0.6) is 5.75 Å². The number of carboxylic acids is 1. The molecule has 4 nitrogen and oxygen atoms in total. The van der Waals surface area contributed by atoms with Gasteiger partial charge in [0.2, 0.25) is 0 Å². The number of aliphatic carboxylic acids is 1. The first-order valence-electron chi connectivity index (χ1n) is 5.71. The molecule has 0 aliphatic carbocycles. The van der Waals surface area contributed by atoms with Crippen molar-refractivity contribution in [1.29, 1.82) is 0 Å². The summed E-state index contributed by atoms with van der Waals surface area (Å²) >= 11 is 0. The van der Waals surface area contributed by atoms with Gasteiger partial charge in [-0.05, 0) is 31.0 Å². The molecule has 0 amide bonds. The number of rotatable bonds is 5. The standard InChI is InChI=1S/C14H19NO3/c1-10-8-11(2)14(12(9-10)18-4)15(3)7-5-6-13(16)17/h5-6,8-9H,7H2,1-4H3,(H,16,17)/b6-5+. The SMILES string of the molecule is COc1cc(C)cc(C)c1N(C)C/C=C/C(=O)O. The summed E-state index contributed by atoms with van der Waals surface area (Å²) in [7, 11) is 3.55. The second kappa shape index (κ2) is 6.10. The van der Waals surface area contributed by atoms with Crippen LogP contribution in [0.1, 0.15) is 11.1 Å². The van der Waals surface area contributed by atoms with E-state index in [1.165, 1.54) is 0 Å². The quantitative estimate of drug-likeness (QED) is 0.814. The van der Waals surface area contributed by atoms with Crippen molar-refractivity contribution in [1.82, 2.24) is 0 Å². The fraction of sp³-hybridized carbons (Fsp3) is 0.357. The Morgan fingerprint density at radius 1 is 1.44 bits per heavy atom. The summed E-state index contributed by atoms with van der Waals surface area (Å²) in [6.45, 7) is 4.55. The predicted octanol–water partition coefficient (Wildman–Crippen LogP) is 2.39. The van der Waals surface area contributed by atoms with Gasteiger partial charge in [-0.3, -0.25) is 0 Å². The summed E-state index contributed by atoms with van der Waals surface area (Å²) in [5.74, 6) is -0.130. The highest BCUT2D eigenvalue weighted by Gasteiger charge is 2.11. The largest absolute Gasteiger partial charge is 0.495 e. The van der Waals surface area contributed by atoms with Crippen LogP contribution in [0.2, 0.25) is 0 Å². The molecule has 0 saturated heterocycles. The number of ether oxygens (including phenoxy) is 1. The van der Waals surface area contributed by atoms with Crippen molar-refractivity contribution in [3.8, 4) is 5.75 Å². The third-order valence-electron chi connectivity index (χ3n) is 2.65. The summed E-state index contributed by atoms with van der Waals surface area (Å²) in [5.41, 5.74) is 3.23. The minimum atomic E-state index is -0.934. The zero-order valence-corrected chi connectivity index (χ0v) is 11.2. The molecular formula is C14H19NO3. The van der Waals surface area contributed by atoms with Crippen molar-refractivity contribution in [3.63, 3.8) is 0 Å². The van der Waals surface area contributed by atoms with Gasteiger partial charge in [-0.25, -0.2) is 4.79 Å². The number of benzene rings is 1. The summed E-state index contributed by atoms with van der Waals surface area (Å²) in [6.07, 6.45) is 2.76. The van der Waals surface area contributed by atoms with Gasteiger partial charge in [0.25, 0.3) is 0 Å². The van der Waals surface area contributed by atoms with E-state index in [2.05, 4.69) is 6.07 Å². The molecule has 0 heterocycles. The molecule has 0 radical (unpaired) electrons. The molecule has 1 aromatic carbocycles. The smallest absolute Gasteiger partial charge is 0.328 e. The maximum Gasteiger partial charge on any atom is 0.328 e. The topological polar surface area (TPSA) is 49.8 Å². The van der Waals surface area contributed by atoms with Crippen LogP contribution >= 0.6 is 0 Å². The Balaban J connectivity index is 2.97. The number of anilines is 1. The number of nitrogens with zero attached hydrogens (tertiary/aromatic N) is 1. The van der Waals surface area contributed by atoms with Crippen molar-refractivity contribution in [2.75, 3.05) is 25.6 Å². The van der Waals surface area contributed by atoms with Crippen LogP contribution in [-0.4, -0.2) is 31.8 Å². The van der Waals surface area contributed by atoms with Gasteiger partial charge in [0.15, 0.2) is 0 Å². The van der Waals surface area contributed by atoms with Crippen LogP contribution in [0.15, 0.2) is 24.3 Å².